The van der Waals surface area contributed by atoms with Crippen LogP contribution in [0.3, 0.4) is 0 Å². The number of hydrogen-bond donors (Lipinski definition) is 1. The van der Waals surface area contributed by atoms with Gasteiger partial charge in [0.2, 0.25) is 5.88 Å². The molecular weight excluding hydrogens is 248 g/mol. The molecule has 1 aromatic heterocycles. The van der Waals surface area contributed by atoms with Gasteiger partial charge in [-0.3, -0.25) is 0 Å². The molecule has 19 heavy (non-hydrogen) atoms. The lowest BCUT2D eigenvalue weighted by atomic mass is 10.4. The van der Waals surface area contributed by atoms with Crippen LogP contribution in [-0.4, -0.2) is 58.8 Å². The summed E-state index contributed by atoms with van der Waals surface area (Å²) in [5, 5.41) is 3.20. The Morgan fingerprint density at radius 2 is 1.74 bits per heavy atom. The van der Waals surface area contributed by atoms with Crippen LogP contribution in [0.4, 0.5) is 5.69 Å². The molecule has 1 N–H and O–H groups in total. The SMILES string of the molecule is COCCOCCOCCNc1ccc(OC)nc1. The van der Waals surface area contributed by atoms with E-state index in [0.29, 0.717) is 38.9 Å². The van der Waals surface area contributed by atoms with E-state index >= 15 is 0 Å². The van der Waals surface area contributed by atoms with Crippen LogP contribution in [0.25, 0.3) is 0 Å². The monoisotopic (exact) mass is 270 g/mol. The normalized spacial score (nSPS) is 10.4. The zero-order chi connectivity index (χ0) is 13.8. The van der Waals surface area contributed by atoms with Gasteiger partial charge < -0.3 is 24.3 Å². The molecule has 1 heterocycles. The quantitative estimate of drug-likeness (QED) is 0.609. The fraction of sp³-hybridized carbons (Fsp3) is 0.615. The summed E-state index contributed by atoms with van der Waals surface area (Å²) in [6, 6.07) is 3.73. The Morgan fingerprint density at radius 1 is 1.00 bits per heavy atom. The second-order valence-electron chi connectivity index (χ2n) is 3.73. The van der Waals surface area contributed by atoms with Gasteiger partial charge >= 0.3 is 0 Å². The molecule has 6 nitrogen and oxygen atoms in total. The van der Waals surface area contributed by atoms with Crippen molar-refractivity contribution in [3.63, 3.8) is 0 Å². The maximum absolute atomic E-state index is 5.41. The molecule has 6 heteroatoms. The van der Waals surface area contributed by atoms with Crippen molar-refractivity contribution < 1.29 is 18.9 Å². The number of methoxy groups -OCH3 is 2. The van der Waals surface area contributed by atoms with Gasteiger partial charge in [-0.25, -0.2) is 4.98 Å². The summed E-state index contributed by atoms with van der Waals surface area (Å²) in [6.45, 7) is 3.76. The topological polar surface area (TPSA) is 61.8 Å². The molecular formula is C13H22N2O4. The molecule has 0 saturated carbocycles. The maximum atomic E-state index is 5.41. The second kappa shape index (κ2) is 10.5. The van der Waals surface area contributed by atoms with Crippen molar-refractivity contribution in [1.82, 2.24) is 4.98 Å². The first-order chi connectivity index (χ1) is 9.36. The lowest BCUT2D eigenvalue weighted by molar-refractivity contribution is 0.0272. The minimum absolute atomic E-state index is 0.590. The van der Waals surface area contributed by atoms with Crippen molar-refractivity contribution in [3.05, 3.63) is 18.3 Å². The van der Waals surface area contributed by atoms with E-state index in [-0.39, 0.29) is 0 Å². The molecule has 0 unspecified atom stereocenters. The number of pyridine rings is 1. The molecule has 0 aliphatic carbocycles. The molecule has 0 saturated heterocycles. The Morgan fingerprint density at radius 3 is 2.37 bits per heavy atom. The molecule has 1 aromatic rings. The highest BCUT2D eigenvalue weighted by Crippen LogP contribution is 2.10. The molecule has 108 valence electrons. The maximum Gasteiger partial charge on any atom is 0.213 e. The molecule has 0 aliphatic rings. The Balaban J connectivity index is 1.95. The highest BCUT2D eigenvalue weighted by molar-refractivity contribution is 5.41. The van der Waals surface area contributed by atoms with E-state index in [1.165, 1.54) is 0 Å². The van der Waals surface area contributed by atoms with E-state index in [9.17, 15) is 0 Å². The van der Waals surface area contributed by atoms with E-state index < -0.39 is 0 Å². The molecule has 0 atom stereocenters. The number of hydrogen-bond acceptors (Lipinski definition) is 6. The fourth-order valence-electron chi connectivity index (χ4n) is 1.34. The summed E-state index contributed by atoms with van der Waals surface area (Å²) in [6.07, 6.45) is 1.73. The summed E-state index contributed by atoms with van der Waals surface area (Å²) in [5.41, 5.74) is 0.945. The van der Waals surface area contributed by atoms with Crippen LogP contribution in [0.1, 0.15) is 0 Å². The highest BCUT2D eigenvalue weighted by atomic mass is 16.5. The lowest BCUT2D eigenvalue weighted by Crippen LogP contribution is -2.13. The second-order valence-corrected chi connectivity index (χ2v) is 3.73. The summed E-state index contributed by atoms with van der Waals surface area (Å²) < 4.78 is 20.5. The Bertz CT molecular complexity index is 319. The summed E-state index contributed by atoms with van der Waals surface area (Å²) in [5.74, 6) is 0.606. The van der Waals surface area contributed by atoms with Crippen molar-refractivity contribution in [2.45, 2.75) is 0 Å². The van der Waals surface area contributed by atoms with Gasteiger partial charge in [0.05, 0.1) is 52.0 Å². The van der Waals surface area contributed by atoms with Crippen LogP contribution in [-0.2, 0) is 14.2 Å². The number of rotatable bonds is 11. The number of nitrogens with zero attached hydrogens (tertiary/aromatic N) is 1. The molecule has 0 bridgehead atoms. The first-order valence-corrected chi connectivity index (χ1v) is 6.25. The minimum atomic E-state index is 0.590. The van der Waals surface area contributed by atoms with Crippen LogP contribution in [0.2, 0.25) is 0 Å². The first-order valence-electron chi connectivity index (χ1n) is 6.25. The molecule has 0 spiro atoms. The van der Waals surface area contributed by atoms with Crippen molar-refractivity contribution in [2.75, 3.05) is 59.1 Å². The molecule has 0 fully saturated rings. The Kier molecular flexibility index (Phi) is 8.70. The lowest BCUT2D eigenvalue weighted by Gasteiger charge is -2.08. The largest absolute Gasteiger partial charge is 0.481 e. The third kappa shape index (κ3) is 7.61. The van der Waals surface area contributed by atoms with Gasteiger partial charge in [-0.15, -0.1) is 0 Å². The van der Waals surface area contributed by atoms with Crippen molar-refractivity contribution in [2.24, 2.45) is 0 Å². The average Bonchev–Trinajstić information content (AvgIpc) is 2.46. The number of nitrogens with one attached hydrogen (secondary N) is 1. The molecule has 0 aliphatic heterocycles. The van der Waals surface area contributed by atoms with E-state index in [0.717, 1.165) is 12.2 Å². The van der Waals surface area contributed by atoms with Crippen molar-refractivity contribution >= 4 is 5.69 Å². The third-order valence-electron chi connectivity index (χ3n) is 2.32. The predicted molar refractivity (Wildman–Crippen MR) is 72.8 cm³/mol. The standard InChI is InChI=1S/C13H22N2O4/c1-16-7-8-19-10-9-18-6-5-14-12-3-4-13(17-2)15-11-12/h3-4,11,14H,5-10H2,1-2H3. The fourth-order valence-corrected chi connectivity index (χ4v) is 1.34. The number of ether oxygens (including phenoxy) is 4. The van der Waals surface area contributed by atoms with Crippen LogP contribution in [0, 0.1) is 0 Å². The van der Waals surface area contributed by atoms with Gasteiger partial charge in [0.1, 0.15) is 0 Å². The van der Waals surface area contributed by atoms with Crippen LogP contribution < -0.4 is 10.1 Å². The first kappa shape index (κ1) is 15.7. The molecule has 1 rings (SSSR count). The zero-order valence-electron chi connectivity index (χ0n) is 11.6. The van der Waals surface area contributed by atoms with Gasteiger partial charge in [-0.2, -0.15) is 0 Å². The van der Waals surface area contributed by atoms with Crippen molar-refractivity contribution in [1.29, 1.82) is 0 Å². The van der Waals surface area contributed by atoms with Crippen LogP contribution in [0.5, 0.6) is 5.88 Å². The van der Waals surface area contributed by atoms with E-state index in [1.807, 2.05) is 12.1 Å². The van der Waals surface area contributed by atoms with Gasteiger partial charge in [-0.1, -0.05) is 0 Å². The van der Waals surface area contributed by atoms with Crippen LogP contribution in [0.15, 0.2) is 18.3 Å². The third-order valence-corrected chi connectivity index (χ3v) is 2.32. The number of anilines is 1. The smallest absolute Gasteiger partial charge is 0.213 e. The average molecular weight is 270 g/mol. The Hall–Kier alpha value is -1.37. The number of aromatic nitrogens is 1. The van der Waals surface area contributed by atoms with E-state index in [4.69, 9.17) is 18.9 Å². The Labute approximate surface area is 114 Å². The van der Waals surface area contributed by atoms with Gasteiger partial charge in [0.15, 0.2) is 0 Å². The van der Waals surface area contributed by atoms with Crippen molar-refractivity contribution in [3.8, 4) is 5.88 Å². The molecule has 0 radical (unpaired) electrons. The molecule has 0 aromatic carbocycles. The van der Waals surface area contributed by atoms with Gasteiger partial charge in [0, 0.05) is 19.7 Å². The van der Waals surface area contributed by atoms with Gasteiger partial charge in [-0.05, 0) is 6.07 Å². The zero-order valence-corrected chi connectivity index (χ0v) is 11.6. The summed E-state index contributed by atoms with van der Waals surface area (Å²) in [4.78, 5) is 4.10. The van der Waals surface area contributed by atoms with Gasteiger partial charge in [0.25, 0.3) is 0 Å². The summed E-state index contributed by atoms with van der Waals surface area (Å²) in [7, 11) is 3.25. The highest BCUT2D eigenvalue weighted by Gasteiger charge is 1.95. The predicted octanol–water partition coefficient (Wildman–Crippen LogP) is 1.18. The molecule has 0 amide bonds. The minimum Gasteiger partial charge on any atom is -0.481 e. The van der Waals surface area contributed by atoms with E-state index in [1.54, 1.807) is 20.4 Å². The van der Waals surface area contributed by atoms with E-state index in [2.05, 4.69) is 10.3 Å². The summed E-state index contributed by atoms with van der Waals surface area (Å²) >= 11 is 0. The van der Waals surface area contributed by atoms with Crippen LogP contribution >= 0.6 is 0 Å².